The predicted octanol–water partition coefficient (Wildman–Crippen LogP) is 16.1. The van der Waals surface area contributed by atoms with Gasteiger partial charge in [-0.05, 0) is 144 Å². The molecule has 3 aromatic heterocycles. The number of oxazole rings is 3. The van der Waals surface area contributed by atoms with Gasteiger partial charge in [-0.2, -0.15) is 0 Å². The van der Waals surface area contributed by atoms with Crippen LogP contribution in [0.5, 0.6) is 23.0 Å². The third-order valence-corrected chi connectivity index (χ3v) is 17.6. The van der Waals surface area contributed by atoms with Gasteiger partial charge >= 0.3 is 23.5 Å². The van der Waals surface area contributed by atoms with Crippen molar-refractivity contribution in [3.05, 3.63) is 269 Å². The second kappa shape index (κ2) is 36.0. The molecule has 12 rings (SSSR count). The van der Waals surface area contributed by atoms with Crippen molar-refractivity contribution in [2.75, 3.05) is 24.3 Å². The number of ether oxygens (including phenoxy) is 1. The molecule has 28 heteroatoms. The number of unbranched alkanes of at least 4 members (excludes halogenated alkanes) is 3. The average Bonchev–Trinajstić information content (AvgIpc) is 1.68. The first-order valence-corrected chi connectivity index (χ1v) is 37.9. The first kappa shape index (κ1) is 76.1. The van der Waals surface area contributed by atoms with E-state index in [0.29, 0.717) is 64.5 Å². The fraction of sp³-hybridized carbons (Fsp3) is 0.211. The highest BCUT2D eigenvalue weighted by molar-refractivity contribution is 7.47. The Balaban J connectivity index is 0.000000168. The summed E-state index contributed by atoms with van der Waals surface area (Å²) in [6.07, 6.45) is 11.2. The Morgan fingerprint density at radius 1 is 0.433 bits per heavy atom. The first-order valence-electron chi connectivity index (χ1n) is 33.3. The molecule has 1 fully saturated rings. The quantitative estimate of drug-likeness (QED) is 0.0170. The second-order valence-electron chi connectivity index (χ2n) is 24.1. The lowest BCUT2D eigenvalue weighted by Gasteiger charge is -2.22. The average molecular weight is 1470 g/mol. The number of amides is 3. The highest BCUT2D eigenvalue weighted by Gasteiger charge is 2.27. The summed E-state index contributed by atoms with van der Waals surface area (Å²) in [6.45, 7) is 2.70. The number of phosphoric acid groups is 3. The molecule has 104 heavy (non-hydrogen) atoms. The van der Waals surface area contributed by atoms with E-state index < -0.39 is 29.4 Å². The lowest BCUT2D eigenvalue weighted by molar-refractivity contribution is 0.0945. The number of anilines is 2. The van der Waals surface area contributed by atoms with Crippen LogP contribution in [-0.4, -0.2) is 75.7 Å². The van der Waals surface area contributed by atoms with Crippen LogP contribution in [0.3, 0.4) is 0 Å². The minimum Gasteiger partial charge on any atom is -0.497 e. The summed E-state index contributed by atoms with van der Waals surface area (Å²) in [5.74, 6) is 2.31. The van der Waals surface area contributed by atoms with Crippen LogP contribution in [0, 0.1) is 0 Å². The third-order valence-electron chi connectivity index (χ3n) is 16.2. The molecule has 0 saturated heterocycles. The van der Waals surface area contributed by atoms with Gasteiger partial charge in [-0.3, -0.25) is 43.7 Å². The van der Waals surface area contributed by atoms with Crippen LogP contribution in [0.1, 0.15) is 142 Å². The van der Waals surface area contributed by atoms with E-state index in [4.69, 9.17) is 47.3 Å². The van der Waals surface area contributed by atoms with Crippen LogP contribution in [0.4, 0.5) is 11.4 Å². The molecule has 0 unspecified atom stereocenters. The first-order chi connectivity index (χ1) is 50.0. The molecule has 0 aliphatic heterocycles. The fourth-order valence-corrected chi connectivity index (χ4v) is 12.4. The van der Waals surface area contributed by atoms with Gasteiger partial charge in [0.05, 0.1) is 7.11 Å². The van der Waals surface area contributed by atoms with Crippen molar-refractivity contribution < 1.29 is 89.0 Å². The summed E-state index contributed by atoms with van der Waals surface area (Å²) in [5, 5.41) is 8.67. The topological polar surface area (TPSA) is 375 Å². The van der Waals surface area contributed by atoms with Crippen LogP contribution in [-0.2, 0) is 33.0 Å². The van der Waals surface area contributed by atoms with Gasteiger partial charge in [-0.25, -0.2) is 28.6 Å². The summed E-state index contributed by atoms with van der Waals surface area (Å²) in [7, 11) is -12.4. The Morgan fingerprint density at radius 3 is 1.19 bits per heavy atom. The number of phosphoric ester groups is 3. The number of aromatic nitrogens is 3. The summed E-state index contributed by atoms with van der Waals surface area (Å²) in [6, 6.07) is 61.4. The van der Waals surface area contributed by atoms with Crippen molar-refractivity contribution >= 4 is 52.6 Å². The lowest BCUT2D eigenvalue weighted by atomic mass is 9.84. The van der Waals surface area contributed by atoms with Crippen LogP contribution in [0.2, 0.25) is 0 Å². The Bertz CT molecular complexity index is 4770. The summed E-state index contributed by atoms with van der Waals surface area (Å²) in [4.78, 5) is 106. The van der Waals surface area contributed by atoms with Crippen LogP contribution < -0.4 is 34.3 Å². The number of hydrogen-bond donors (Lipinski definition) is 9. The number of benzene rings is 8. The maximum Gasteiger partial charge on any atom is 0.524 e. The van der Waals surface area contributed by atoms with Gasteiger partial charge in [0.25, 0.3) is 17.7 Å². The zero-order valence-electron chi connectivity index (χ0n) is 56.7. The van der Waals surface area contributed by atoms with Crippen molar-refractivity contribution in [1.29, 1.82) is 0 Å². The van der Waals surface area contributed by atoms with Crippen LogP contribution >= 0.6 is 23.5 Å². The molecule has 0 bridgehead atoms. The van der Waals surface area contributed by atoms with Crippen molar-refractivity contribution in [3.63, 3.8) is 0 Å². The molecule has 9 N–H and O–H groups in total. The van der Waals surface area contributed by atoms with E-state index in [1.165, 1.54) is 74.1 Å². The molecule has 25 nitrogen and oxygen atoms in total. The maximum absolute atomic E-state index is 13.3. The molecular formula is C76H77N6O19P3. The molecular weight excluding hydrogens is 1390 g/mol. The normalized spacial score (nSPS) is 12.3. The van der Waals surface area contributed by atoms with Gasteiger partial charge < -0.3 is 47.5 Å². The number of carbonyl (C=O) groups excluding carboxylic acids is 3. The van der Waals surface area contributed by atoms with E-state index in [0.717, 1.165) is 59.1 Å². The van der Waals surface area contributed by atoms with Crippen molar-refractivity contribution in [3.8, 4) is 57.4 Å². The van der Waals surface area contributed by atoms with Crippen LogP contribution in [0.25, 0.3) is 34.4 Å². The molecule has 0 radical (unpaired) electrons. The zero-order valence-corrected chi connectivity index (χ0v) is 59.3. The van der Waals surface area contributed by atoms with Gasteiger partial charge in [0, 0.05) is 59.9 Å². The number of nitrogens with one attached hydrogen (secondary N) is 3. The van der Waals surface area contributed by atoms with Gasteiger partial charge in [0.1, 0.15) is 40.3 Å². The van der Waals surface area contributed by atoms with Crippen molar-refractivity contribution in [1.82, 2.24) is 20.3 Å². The van der Waals surface area contributed by atoms with Crippen LogP contribution in [0.15, 0.2) is 226 Å². The number of carbonyl (C=O) groups is 3. The van der Waals surface area contributed by atoms with Crippen molar-refractivity contribution in [2.45, 2.75) is 89.9 Å². The van der Waals surface area contributed by atoms with E-state index in [2.05, 4.69) is 63.5 Å². The van der Waals surface area contributed by atoms with Gasteiger partial charge in [0.2, 0.25) is 17.7 Å². The van der Waals surface area contributed by atoms with E-state index in [-0.39, 0.29) is 65.4 Å². The van der Waals surface area contributed by atoms with E-state index in [9.17, 15) is 28.1 Å². The SMILES string of the molecule is CCCCCCNC(=O)c1nc(-c2ccccc2)oc1Cc1ccc(OP(=O)(O)O)cc1.COc1cccc(NC(=O)c2nc(-c3ccccc3)oc2Cc2ccc(OP(=O)(O)O)cc2)c1.O=C(Nc1ccc(C2CCCCC2)cc1)c1nc(-c2ccccc2)oc1Cc1ccc(OP(=O)(O)O)cc1. The fourth-order valence-electron chi connectivity index (χ4n) is 11.2. The highest BCUT2D eigenvalue weighted by atomic mass is 31.2. The minimum absolute atomic E-state index is 0.0237. The molecule has 0 atom stereocenters. The maximum atomic E-state index is 13.3. The van der Waals surface area contributed by atoms with E-state index in [1.807, 2.05) is 103 Å². The Kier molecular flexibility index (Phi) is 26.4. The molecule has 3 heterocycles. The Morgan fingerprint density at radius 2 is 0.817 bits per heavy atom. The monoisotopic (exact) mass is 1470 g/mol. The zero-order chi connectivity index (χ0) is 73.6. The smallest absolute Gasteiger partial charge is 0.497 e. The summed E-state index contributed by atoms with van der Waals surface area (Å²) >= 11 is 0. The molecule has 1 aliphatic rings. The van der Waals surface area contributed by atoms with Gasteiger partial charge in [-0.1, -0.05) is 155 Å². The molecule has 540 valence electrons. The van der Waals surface area contributed by atoms with Crippen molar-refractivity contribution in [2.24, 2.45) is 0 Å². The number of methoxy groups -OCH3 is 1. The lowest BCUT2D eigenvalue weighted by Crippen LogP contribution is -2.25. The third kappa shape index (κ3) is 23.2. The molecule has 0 spiro atoms. The number of rotatable bonds is 27. The summed E-state index contributed by atoms with van der Waals surface area (Å²) < 4.78 is 70.0. The highest BCUT2D eigenvalue weighted by Crippen LogP contribution is 2.41. The molecule has 1 saturated carbocycles. The largest absolute Gasteiger partial charge is 0.524 e. The van der Waals surface area contributed by atoms with Gasteiger partial charge in [-0.15, -0.1) is 0 Å². The molecule has 8 aromatic carbocycles. The number of nitrogens with zero attached hydrogens (tertiary/aromatic N) is 3. The molecule has 11 aromatic rings. The van der Waals surface area contributed by atoms with E-state index >= 15 is 0 Å². The summed E-state index contributed by atoms with van der Waals surface area (Å²) in [5.41, 5.74) is 7.54. The molecule has 3 amide bonds. The molecule has 1 aliphatic carbocycles. The van der Waals surface area contributed by atoms with Gasteiger partial charge in [0.15, 0.2) is 17.1 Å². The standard InChI is InChI=1S/C29H29N2O6P.C24H21N2O7P.C23H27N2O6P/c32-28(30-24-15-13-22(14-16-24)21-7-3-1-4-8-21)27-26(36-29(31-27)23-9-5-2-6-10-23)19-20-11-17-25(18-12-20)37-38(33,34)35;1-31-20-9-5-8-18(15-20)25-23(27)22-21(32-24(26-22)17-6-3-2-4-7-17)14-16-10-12-19(13-11-16)33-34(28,29)30;1-2-3-4-8-15-24-22(26)21-20(30-23(25-21)18-9-6-5-7-10-18)16-17-11-13-19(14-12-17)31-32(27,28)29/h2,5-6,9-18,21H,1,3-4,7-8,19H2,(H,30,32)(H2,33,34,35);2-13,15H,14H2,1H3,(H,25,27)(H2,28,29,30);5-7,9-14H,2-4,8,15-16H2,1H3,(H,24,26)(H2,27,28,29). The minimum atomic E-state index is -4.65. The number of hydrogen-bond acceptors (Lipinski definition) is 16. The second-order valence-corrected chi connectivity index (χ2v) is 27.6. The Hall–Kier alpha value is -10.6. The van der Waals surface area contributed by atoms with E-state index in [1.54, 1.807) is 67.8 Å². The predicted molar refractivity (Wildman–Crippen MR) is 389 cm³/mol. The Labute approximate surface area is 599 Å².